The Bertz CT molecular complexity index is 1400. The molecule has 5 atom stereocenters. The van der Waals surface area contributed by atoms with E-state index in [-0.39, 0.29) is 37.0 Å². The molecule has 0 aliphatic carbocycles. The third-order valence-electron chi connectivity index (χ3n) is 4.78. The molecule has 10 N–H and O–H groups in total. The van der Waals surface area contributed by atoms with Gasteiger partial charge in [-0.15, -0.1) is 6.58 Å². The maximum atomic E-state index is 12.2. The number of phosphoric ester groups is 1. The molecule has 1 fully saturated rings. The molecule has 1 aliphatic rings. The van der Waals surface area contributed by atoms with Crippen LogP contribution in [0.15, 0.2) is 18.9 Å². The van der Waals surface area contributed by atoms with Crippen LogP contribution in [-0.4, -0.2) is 66.1 Å². The fourth-order valence-corrected chi connectivity index (χ4v) is 6.54. The number of rotatable bonds is 11. The van der Waals surface area contributed by atoms with E-state index in [9.17, 15) is 23.5 Å². The van der Waals surface area contributed by atoms with Gasteiger partial charge in [-0.05, 0) is 0 Å². The number of nitrogen functional groups attached to an aromatic ring is 2. The maximum absolute atomic E-state index is 12.2. The number of nitrogens with zero attached hydrogens (tertiary/aromatic N) is 3. The van der Waals surface area contributed by atoms with Gasteiger partial charge in [-0.25, -0.2) is 13.7 Å². The first-order valence-electron chi connectivity index (χ1n) is 10.4. The molecule has 3 unspecified atom stereocenters. The van der Waals surface area contributed by atoms with Gasteiger partial charge in [0.1, 0.15) is 18.1 Å². The van der Waals surface area contributed by atoms with E-state index in [0.717, 1.165) is 0 Å². The van der Waals surface area contributed by atoms with Gasteiger partial charge in [0.25, 0.3) is 0 Å². The molecule has 1 saturated heterocycles. The fourth-order valence-electron chi connectivity index (χ4n) is 3.51. The lowest BCUT2D eigenvalue weighted by Gasteiger charge is -2.21. The minimum atomic E-state index is -5.68. The zero-order chi connectivity index (χ0) is 28.3. The Kier molecular flexibility index (Phi) is 9.51. The van der Waals surface area contributed by atoms with Gasteiger partial charge in [0.15, 0.2) is 5.65 Å². The summed E-state index contributed by atoms with van der Waals surface area (Å²) in [5.74, 6) is 5.52. The number of phosphoric acid groups is 3. The number of aromatic nitrogens is 3. The summed E-state index contributed by atoms with van der Waals surface area (Å²) in [5, 5.41) is 0.393. The second-order valence-corrected chi connectivity index (χ2v) is 12.0. The molecule has 0 amide bonds. The van der Waals surface area contributed by atoms with Gasteiger partial charge in [-0.2, -0.15) is 18.6 Å². The molecule has 3 rings (SSSR count). The van der Waals surface area contributed by atoms with E-state index in [1.165, 1.54) is 6.08 Å². The summed E-state index contributed by atoms with van der Waals surface area (Å²) in [6, 6.07) is 0. The Balaban J connectivity index is 1.85. The lowest BCUT2D eigenvalue weighted by molar-refractivity contribution is -0.0549. The van der Waals surface area contributed by atoms with Crippen molar-refractivity contribution < 1.29 is 55.9 Å². The van der Waals surface area contributed by atoms with Crippen LogP contribution >= 0.6 is 23.5 Å². The third kappa shape index (κ3) is 7.92. The highest BCUT2D eigenvalue weighted by Crippen LogP contribution is 2.66. The monoisotopic (exact) mass is 598 g/mol. The van der Waals surface area contributed by atoms with Crippen LogP contribution in [0, 0.1) is 11.8 Å². The van der Waals surface area contributed by atoms with Gasteiger partial charge in [-0.3, -0.25) is 4.52 Å². The first-order valence-corrected chi connectivity index (χ1v) is 15.0. The summed E-state index contributed by atoms with van der Waals surface area (Å²) in [6.45, 7) is 2.97. The third-order valence-corrected chi connectivity index (χ3v) is 8.58. The highest BCUT2D eigenvalue weighted by molar-refractivity contribution is 7.66. The molecule has 0 spiro atoms. The van der Waals surface area contributed by atoms with Crippen molar-refractivity contribution >= 4 is 46.3 Å². The zero-order valence-electron chi connectivity index (χ0n) is 19.4. The maximum Gasteiger partial charge on any atom is 0.490 e. The molecule has 0 bridgehead atoms. The molecule has 1 aliphatic heterocycles. The van der Waals surface area contributed by atoms with Crippen LogP contribution in [-0.2, 0) is 36.3 Å². The van der Waals surface area contributed by atoms with Crippen LogP contribution in [0.4, 0.5) is 11.8 Å². The number of anilines is 2. The van der Waals surface area contributed by atoms with Crippen LogP contribution in [0.2, 0.25) is 0 Å². The summed E-state index contributed by atoms with van der Waals surface area (Å²) in [6.07, 6.45) is 0.541. The molecular weight excluding hydrogens is 573 g/mol. The number of fused-ring (bicyclic) bond motifs is 1. The van der Waals surface area contributed by atoms with Gasteiger partial charge in [0, 0.05) is 12.6 Å². The molecule has 0 radical (unpaired) electrons. The Morgan fingerprint density at radius 3 is 2.53 bits per heavy atom. The fraction of sp³-hybridized carbons (Fsp3) is 0.412. The van der Waals surface area contributed by atoms with E-state index in [1.807, 2.05) is 0 Å². The minimum absolute atomic E-state index is 0.0637. The van der Waals surface area contributed by atoms with Crippen LogP contribution in [0.5, 0.6) is 0 Å². The predicted molar refractivity (Wildman–Crippen MR) is 131 cm³/mol. The van der Waals surface area contributed by atoms with Crippen LogP contribution in [0.25, 0.3) is 11.0 Å². The van der Waals surface area contributed by atoms with Crippen molar-refractivity contribution in [3.8, 4) is 11.8 Å². The van der Waals surface area contributed by atoms with Crippen LogP contribution in [0.3, 0.4) is 0 Å². The average molecular weight is 598 g/mol. The molecule has 2 aromatic heterocycles. The van der Waals surface area contributed by atoms with Gasteiger partial charge in [0.2, 0.25) is 5.95 Å². The second kappa shape index (κ2) is 11.9. The smallest absolute Gasteiger partial charge is 0.383 e. The molecule has 0 aromatic carbocycles. The van der Waals surface area contributed by atoms with Crippen molar-refractivity contribution in [3.05, 3.63) is 24.4 Å². The van der Waals surface area contributed by atoms with E-state index in [2.05, 4.69) is 37.0 Å². The molecular formula is C17H25N6O12P3. The average Bonchev–Trinajstić information content (AvgIpc) is 3.33. The molecule has 210 valence electrons. The van der Waals surface area contributed by atoms with Gasteiger partial charge >= 0.3 is 23.5 Å². The van der Waals surface area contributed by atoms with Gasteiger partial charge in [-0.1, -0.05) is 17.9 Å². The van der Waals surface area contributed by atoms with Gasteiger partial charge < -0.3 is 50.8 Å². The molecule has 21 heteroatoms. The lowest BCUT2D eigenvalue weighted by Crippen LogP contribution is -2.29. The topological polar surface area (TPSA) is 287 Å². The molecule has 0 saturated carbocycles. The Morgan fingerprint density at radius 1 is 1.18 bits per heavy atom. The first kappa shape index (κ1) is 30.4. The Labute approximate surface area is 215 Å². The molecule has 18 nitrogen and oxygen atoms in total. The summed E-state index contributed by atoms with van der Waals surface area (Å²) in [5.41, 5.74) is 18.0. The van der Waals surface area contributed by atoms with Crippen molar-refractivity contribution in [2.75, 3.05) is 31.2 Å². The van der Waals surface area contributed by atoms with Crippen molar-refractivity contribution in [3.63, 3.8) is 0 Å². The number of hydrogen-bond acceptors (Lipinski definition) is 13. The first-order chi connectivity index (χ1) is 17.6. The minimum Gasteiger partial charge on any atom is -0.383 e. The quantitative estimate of drug-likeness (QED) is 0.103. The lowest BCUT2D eigenvalue weighted by atomic mass is 10.2. The van der Waals surface area contributed by atoms with E-state index in [0.29, 0.717) is 10.9 Å². The summed E-state index contributed by atoms with van der Waals surface area (Å²) in [4.78, 5) is 44.6. The van der Waals surface area contributed by atoms with Crippen LogP contribution in [0.1, 0.15) is 18.2 Å². The van der Waals surface area contributed by atoms with Crippen molar-refractivity contribution in [1.29, 1.82) is 0 Å². The SMILES string of the molecule is C=CCOC1C[C@H](n2cc(C#CCN)c3c(N)nc(N)nc32)O[C@@H]1COP(=O)(O)OP(=O)(O)OP(=O)(O)O. The number of ether oxygens (including phenoxy) is 2. The van der Waals surface area contributed by atoms with Crippen LogP contribution < -0.4 is 17.2 Å². The van der Waals surface area contributed by atoms with Crippen molar-refractivity contribution in [1.82, 2.24) is 14.5 Å². The molecule has 3 heterocycles. The van der Waals surface area contributed by atoms with E-state index < -0.39 is 48.5 Å². The standard InChI is InChI=1S/C17H25N6O12P3/c1-2-6-31-11-7-13(23-8-10(4-3-5-18)14-15(19)21-17(20)22-16(14)23)33-12(11)9-32-37(27,28)35-38(29,30)34-36(24,25)26/h2,8,11-13H,1,5-7,9,18H2,(H,27,28)(H,29,30)(H2,24,25,26)(H4,19,20,21,22)/t11?,12-,13-/m1/s1. The number of hydrogen-bond donors (Lipinski definition) is 7. The zero-order valence-corrected chi connectivity index (χ0v) is 22.1. The molecule has 38 heavy (non-hydrogen) atoms. The Hall–Kier alpha value is -2.19. The van der Waals surface area contributed by atoms with E-state index in [1.54, 1.807) is 10.8 Å². The summed E-state index contributed by atoms with van der Waals surface area (Å²) >= 11 is 0. The Morgan fingerprint density at radius 2 is 1.89 bits per heavy atom. The molecule has 2 aromatic rings. The number of nitrogens with two attached hydrogens (primary N) is 3. The van der Waals surface area contributed by atoms with E-state index in [4.69, 9.17) is 41.0 Å². The summed E-state index contributed by atoms with van der Waals surface area (Å²) in [7, 11) is -16.6. The highest BCUT2D eigenvalue weighted by atomic mass is 31.3. The predicted octanol–water partition coefficient (Wildman–Crippen LogP) is 0.108. The van der Waals surface area contributed by atoms with Crippen molar-refractivity contribution in [2.24, 2.45) is 5.73 Å². The normalized spacial score (nSPS) is 22.9. The van der Waals surface area contributed by atoms with E-state index >= 15 is 0 Å². The van der Waals surface area contributed by atoms with Gasteiger partial charge in [0.05, 0.1) is 36.8 Å². The second-order valence-electron chi connectivity index (χ2n) is 7.53. The van der Waals surface area contributed by atoms with Crippen molar-refractivity contribution in [2.45, 2.75) is 24.9 Å². The largest absolute Gasteiger partial charge is 0.490 e. The highest BCUT2D eigenvalue weighted by Gasteiger charge is 2.43. The summed E-state index contributed by atoms with van der Waals surface area (Å²) < 4.78 is 59.9.